The van der Waals surface area contributed by atoms with Crippen molar-refractivity contribution in [3.63, 3.8) is 0 Å². The van der Waals surface area contributed by atoms with Gasteiger partial charge >= 0.3 is 5.97 Å². The summed E-state index contributed by atoms with van der Waals surface area (Å²) in [5.41, 5.74) is 1.07. The summed E-state index contributed by atoms with van der Waals surface area (Å²) >= 11 is 5.81. The maximum absolute atomic E-state index is 12.9. The van der Waals surface area contributed by atoms with E-state index in [0.717, 1.165) is 5.56 Å². The maximum Gasteiger partial charge on any atom is 0.329 e. The predicted molar refractivity (Wildman–Crippen MR) is 93.7 cm³/mol. The zero-order chi connectivity index (χ0) is 18.4. The molecule has 0 aliphatic heterocycles. The second kappa shape index (κ2) is 8.62. The van der Waals surface area contributed by atoms with E-state index >= 15 is 0 Å². The molecule has 4 nitrogen and oxygen atoms in total. The van der Waals surface area contributed by atoms with Crippen LogP contribution in [-0.2, 0) is 16.1 Å². The Bertz CT molecular complexity index is 729. The summed E-state index contributed by atoms with van der Waals surface area (Å²) in [6.45, 7) is 3.70. The second-order valence-corrected chi connectivity index (χ2v) is 6.37. The van der Waals surface area contributed by atoms with Crippen LogP contribution >= 0.6 is 11.6 Å². The van der Waals surface area contributed by atoms with Crippen molar-refractivity contribution in [2.45, 2.75) is 26.5 Å². The molecule has 2 rings (SSSR count). The number of hydrogen-bond acceptors (Lipinski definition) is 3. The van der Waals surface area contributed by atoms with Gasteiger partial charge in [-0.15, -0.1) is 0 Å². The molecular weight excluding hydrogens is 345 g/mol. The van der Waals surface area contributed by atoms with Crippen molar-refractivity contribution in [2.75, 3.05) is 0 Å². The Morgan fingerprint density at radius 3 is 2.24 bits per heavy atom. The van der Waals surface area contributed by atoms with Crippen molar-refractivity contribution >= 4 is 23.5 Å². The van der Waals surface area contributed by atoms with Gasteiger partial charge in [0, 0.05) is 10.6 Å². The van der Waals surface area contributed by atoms with Crippen molar-refractivity contribution in [3.8, 4) is 0 Å². The fourth-order valence-electron chi connectivity index (χ4n) is 2.15. The molecule has 0 bridgehead atoms. The third-order valence-corrected chi connectivity index (χ3v) is 3.86. The van der Waals surface area contributed by atoms with Gasteiger partial charge in [-0.25, -0.2) is 9.18 Å². The second-order valence-electron chi connectivity index (χ2n) is 5.94. The Labute approximate surface area is 150 Å². The highest BCUT2D eigenvalue weighted by molar-refractivity contribution is 6.30. The van der Waals surface area contributed by atoms with Crippen LogP contribution in [0, 0.1) is 11.7 Å². The molecular formula is C19H19ClFNO3. The van der Waals surface area contributed by atoms with E-state index in [2.05, 4.69) is 5.32 Å². The molecule has 25 heavy (non-hydrogen) atoms. The fraction of sp³-hybridized carbons (Fsp3) is 0.263. The van der Waals surface area contributed by atoms with E-state index in [1.54, 1.807) is 38.1 Å². The standard InChI is InChI=1S/C19H19ClFNO3/c1-12(2)17(22-18(23)14-5-9-16(21)10-6-14)19(24)25-11-13-3-7-15(20)8-4-13/h3-10,12,17H,11H2,1-2H3,(H,22,23). The summed E-state index contributed by atoms with van der Waals surface area (Å²) < 4.78 is 18.2. The van der Waals surface area contributed by atoms with E-state index in [1.165, 1.54) is 24.3 Å². The number of hydrogen-bond donors (Lipinski definition) is 1. The molecule has 132 valence electrons. The molecule has 0 radical (unpaired) electrons. The molecule has 0 saturated heterocycles. The molecule has 2 aromatic carbocycles. The molecule has 1 N–H and O–H groups in total. The summed E-state index contributed by atoms with van der Waals surface area (Å²) in [6.07, 6.45) is 0. The summed E-state index contributed by atoms with van der Waals surface area (Å²) in [6, 6.07) is 11.2. The van der Waals surface area contributed by atoms with Crippen LogP contribution in [-0.4, -0.2) is 17.9 Å². The zero-order valence-electron chi connectivity index (χ0n) is 14.0. The number of carbonyl (C=O) groups excluding carboxylic acids is 2. The zero-order valence-corrected chi connectivity index (χ0v) is 14.7. The number of amides is 1. The minimum absolute atomic E-state index is 0.0889. The topological polar surface area (TPSA) is 55.4 Å². The molecule has 0 heterocycles. The van der Waals surface area contributed by atoms with Crippen LogP contribution in [0.15, 0.2) is 48.5 Å². The Hall–Kier alpha value is -2.40. The van der Waals surface area contributed by atoms with Gasteiger partial charge in [0.1, 0.15) is 18.5 Å². The third kappa shape index (κ3) is 5.57. The molecule has 0 spiro atoms. The Morgan fingerprint density at radius 2 is 1.68 bits per heavy atom. The Morgan fingerprint density at radius 1 is 1.08 bits per heavy atom. The van der Waals surface area contributed by atoms with Gasteiger partial charge in [0.15, 0.2) is 0 Å². The van der Waals surface area contributed by atoms with Gasteiger partial charge in [-0.05, 0) is 47.9 Å². The average molecular weight is 364 g/mol. The van der Waals surface area contributed by atoms with Crippen molar-refractivity contribution in [1.82, 2.24) is 5.32 Å². The number of benzene rings is 2. The van der Waals surface area contributed by atoms with Crippen molar-refractivity contribution in [1.29, 1.82) is 0 Å². The van der Waals surface area contributed by atoms with Gasteiger partial charge in [-0.1, -0.05) is 37.6 Å². The lowest BCUT2D eigenvalue weighted by molar-refractivity contribution is -0.148. The van der Waals surface area contributed by atoms with E-state index in [4.69, 9.17) is 16.3 Å². The van der Waals surface area contributed by atoms with Crippen molar-refractivity contribution in [2.24, 2.45) is 5.92 Å². The van der Waals surface area contributed by atoms with E-state index < -0.39 is 23.7 Å². The maximum atomic E-state index is 12.9. The molecule has 0 aliphatic rings. The lowest BCUT2D eigenvalue weighted by Crippen LogP contribution is -2.45. The lowest BCUT2D eigenvalue weighted by atomic mass is 10.0. The minimum Gasteiger partial charge on any atom is -0.459 e. The van der Waals surface area contributed by atoms with Crippen LogP contribution in [0.3, 0.4) is 0 Å². The number of ether oxygens (including phenoxy) is 1. The molecule has 1 unspecified atom stereocenters. The average Bonchev–Trinajstić information content (AvgIpc) is 2.59. The fourth-order valence-corrected chi connectivity index (χ4v) is 2.27. The number of carbonyl (C=O) groups is 2. The van der Waals surface area contributed by atoms with Gasteiger partial charge in [-0.2, -0.15) is 0 Å². The normalized spacial score (nSPS) is 11.9. The quantitative estimate of drug-likeness (QED) is 0.790. The van der Waals surface area contributed by atoms with Crippen LogP contribution in [0.4, 0.5) is 4.39 Å². The predicted octanol–water partition coefficient (Wildman–Crippen LogP) is 3.98. The number of nitrogens with one attached hydrogen (secondary N) is 1. The third-order valence-electron chi connectivity index (χ3n) is 3.61. The monoisotopic (exact) mass is 363 g/mol. The number of esters is 1. The summed E-state index contributed by atoms with van der Waals surface area (Å²) in [5.74, 6) is -1.58. The van der Waals surface area contributed by atoms with E-state index in [9.17, 15) is 14.0 Å². The molecule has 2 aromatic rings. The first-order valence-corrected chi connectivity index (χ1v) is 8.22. The molecule has 1 atom stereocenters. The SMILES string of the molecule is CC(C)C(NC(=O)c1ccc(F)cc1)C(=O)OCc1ccc(Cl)cc1. The van der Waals surface area contributed by atoms with Gasteiger partial charge in [0.25, 0.3) is 5.91 Å². The Balaban J connectivity index is 1.98. The number of rotatable bonds is 6. The van der Waals surface area contributed by atoms with Gasteiger partial charge in [0.05, 0.1) is 0 Å². The molecule has 6 heteroatoms. The lowest BCUT2D eigenvalue weighted by Gasteiger charge is -2.21. The van der Waals surface area contributed by atoms with Crippen molar-refractivity contribution < 1.29 is 18.7 Å². The van der Waals surface area contributed by atoms with E-state index in [-0.39, 0.29) is 18.1 Å². The van der Waals surface area contributed by atoms with Crippen LogP contribution in [0.5, 0.6) is 0 Å². The Kier molecular flexibility index (Phi) is 6.53. The minimum atomic E-state index is -0.801. The molecule has 0 fully saturated rings. The summed E-state index contributed by atoms with van der Waals surface area (Å²) in [7, 11) is 0. The van der Waals surface area contributed by atoms with Crippen molar-refractivity contribution in [3.05, 3.63) is 70.5 Å². The highest BCUT2D eigenvalue weighted by atomic mass is 35.5. The molecule has 0 aromatic heterocycles. The van der Waals surface area contributed by atoms with Gasteiger partial charge in [-0.3, -0.25) is 4.79 Å². The highest BCUT2D eigenvalue weighted by Crippen LogP contribution is 2.12. The van der Waals surface area contributed by atoms with E-state index in [0.29, 0.717) is 5.02 Å². The largest absolute Gasteiger partial charge is 0.459 e. The molecule has 1 amide bonds. The summed E-state index contributed by atoms with van der Waals surface area (Å²) in [4.78, 5) is 24.6. The van der Waals surface area contributed by atoms with E-state index in [1.807, 2.05) is 0 Å². The van der Waals surface area contributed by atoms with Crippen LogP contribution < -0.4 is 5.32 Å². The molecule has 0 saturated carbocycles. The van der Waals surface area contributed by atoms with Gasteiger partial charge in [0.2, 0.25) is 0 Å². The number of halogens is 2. The van der Waals surface area contributed by atoms with Crippen LogP contribution in [0.2, 0.25) is 5.02 Å². The smallest absolute Gasteiger partial charge is 0.329 e. The van der Waals surface area contributed by atoms with Crippen LogP contribution in [0.25, 0.3) is 0 Å². The van der Waals surface area contributed by atoms with Gasteiger partial charge < -0.3 is 10.1 Å². The summed E-state index contributed by atoms with van der Waals surface area (Å²) in [5, 5.41) is 3.24. The first-order chi connectivity index (χ1) is 11.9. The first kappa shape index (κ1) is 18.9. The highest BCUT2D eigenvalue weighted by Gasteiger charge is 2.26. The van der Waals surface area contributed by atoms with Crippen LogP contribution in [0.1, 0.15) is 29.8 Å². The molecule has 0 aliphatic carbocycles. The first-order valence-electron chi connectivity index (χ1n) is 7.84.